The number of fused-ring (bicyclic) bond motifs is 1. The molecular formula is C25H22F3N3O3S. The number of aromatic nitrogens is 2. The van der Waals surface area contributed by atoms with Crippen molar-refractivity contribution in [3.63, 3.8) is 0 Å². The zero-order chi connectivity index (χ0) is 24.8. The number of hydrogen-bond acceptors (Lipinski definition) is 4. The molecule has 2 N–H and O–H groups in total. The van der Waals surface area contributed by atoms with Crippen LogP contribution in [-0.4, -0.2) is 37.4 Å². The highest BCUT2D eigenvalue weighted by Gasteiger charge is 2.41. The summed E-state index contributed by atoms with van der Waals surface area (Å²) in [4.78, 5) is 8.14. The van der Waals surface area contributed by atoms with Crippen LogP contribution in [0.25, 0.3) is 22.2 Å². The molecule has 3 aromatic carbocycles. The molecule has 1 aliphatic rings. The van der Waals surface area contributed by atoms with Gasteiger partial charge in [0.1, 0.15) is 11.6 Å². The second kappa shape index (κ2) is 8.60. The number of rotatable bonds is 7. The minimum absolute atomic E-state index is 0.185. The average molecular weight is 502 g/mol. The summed E-state index contributed by atoms with van der Waals surface area (Å²) in [5, 5.41) is 0. The van der Waals surface area contributed by atoms with Crippen LogP contribution in [0.1, 0.15) is 29.6 Å². The van der Waals surface area contributed by atoms with Gasteiger partial charge in [0.25, 0.3) is 0 Å². The lowest BCUT2D eigenvalue weighted by Gasteiger charge is -2.10. The van der Waals surface area contributed by atoms with Crippen LogP contribution >= 0.6 is 0 Å². The molecular weight excluding hydrogens is 479 g/mol. The number of sulfonamides is 1. The molecule has 0 amide bonds. The fraction of sp³-hybridized carbons (Fsp3) is 0.240. The van der Waals surface area contributed by atoms with Gasteiger partial charge in [-0.15, -0.1) is 0 Å². The van der Waals surface area contributed by atoms with E-state index in [2.05, 4.69) is 9.71 Å². The van der Waals surface area contributed by atoms with Gasteiger partial charge >= 0.3 is 6.18 Å². The quantitative estimate of drug-likeness (QED) is 0.335. The van der Waals surface area contributed by atoms with Gasteiger partial charge in [0.05, 0.1) is 23.0 Å². The first-order valence-electron chi connectivity index (χ1n) is 10.9. The maximum atomic E-state index is 12.3. The molecule has 0 spiro atoms. The predicted octanol–water partition coefficient (Wildman–Crippen LogP) is 5.81. The summed E-state index contributed by atoms with van der Waals surface area (Å²) < 4.78 is 67.8. The summed E-state index contributed by atoms with van der Waals surface area (Å²) in [5.41, 5.74) is 4.75. The molecule has 1 aromatic heterocycles. The Labute approximate surface area is 200 Å². The molecule has 5 rings (SSSR count). The van der Waals surface area contributed by atoms with E-state index < -0.39 is 22.8 Å². The van der Waals surface area contributed by atoms with Crippen LogP contribution in [-0.2, 0) is 10.0 Å². The summed E-state index contributed by atoms with van der Waals surface area (Å²) in [6.07, 6.45) is -2.37. The first kappa shape index (κ1) is 23.2. The highest BCUT2D eigenvalue weighted by molar-refractivity contribution is 7.92. The Morgan fingerprint density at radius 2 is 1.80 bits per heavy atom. The van der Waals surface area contributed by atoms with Gasteiger partial charge < -0.3 is 9.72 Å². The molecule has 10 heteroatoms. The average Bonchev–Trinajstić information content (AvgIpc) is 3.48. The zero-order valence-electron chi connectivity index (χ0n) is 18.6. The molecule has 0 saturated heterocycles. The van der Waals surface area contributed by atoms with Crippen LogP contribution in [0.2, 0.25) is 0 Å². The minimum atomic E-state index is -4.37. The van der Waals surface area contributed by atoms with Crippen molar-refractivity contribution in [1.29, 1.82) is 0 Å². The minimum Gasteiger partial charge on any atom is -0.484 e. The lowest BCUT2D eigenvalue weighted by molar-refractivity contribution is -0.153. The Morgan fingerprint density at radius 1 is 1.06 bits per heavy atom. The second-order valence-electron chi connectivity index (χ2n) is 8.70. The Kier molecular flexibility index (Phi) is 5.71. The summed E-state index contributed by atoms with van der Waals surface area (Å²) in [5.74, 6) is 1.45. The van der Waals surface area contributed by atoms with Gasteiger partial charge in [-0.3, -0.25) is 4.72 Å². The van der Waals surface area contributed by atoms with Gasteiger partial charge in [-0.2, -0.15) is 13.2 Å². The molecule has 1 saturated carbocycles. The molecule has 2 unspecified atom stereocenters. The maximum absolute atomic E-state index is 12.3. The number of benzene rings is 3. The van der Waals surface area contributed by atoms with Crippen molar-refractivity contribution >= 4 is 26.7 Å². The van der Waals surface area contributed by atoms with E-state index in [1.54, 1.807) is 36.4 Å². The molecule has 0 radical (unpaired) electrons. The van der Waals surface area contributed by atoms with E-state index in [1.807, 2.05) is 30.3 Å². The Bertz CT molecular complexity index is 1480. The van der Waals surface area contributed by atoms with Gasteiger partial charge in [0, 0.05) is 11.5 Å². The number of anilines is 1. The van der Waals surface area contributed by atoms with E-state index in [0.717, 1.165) is 46.2 Å². The van der Waals surface area contributed by atoms with Crippen LogP contribution in [0.3, 0.4) is 0 Å². The predicted molar refractivity (Wildman–Crippen MR) is 128 cm³/mol. The molecule has 35 heavy (non-hydrogen) atoms. The van der Waals surface area contributed by atoms with Crippen molar-refractivity contribution < 1.29 is 26.3 Å². The molecule has 1 fully saturated rings. The van der Waals surface area contributed by atoms with E-state index >= 15 is 0 Å². The third-order valence-corrected chi connectivity index (χ3v) is 6.48. The first-order valence-corrected chi connectivity index (χ1v) is 12.8. The Hall–Kier alpha value is -3.53. The lowest BCUT2D eigenvalue weighted by Crippen LogP contribution is -2.19. The number of imidazole rings is 1. The Morgan fingerprint density at radius 3 is 2.51 bits per heavy atom. The highest BCUT2D eigenvalue weighted by Crippen LogP contribution is 2.54. The molecule has 4 aromatic rings. The third-order valence-electron chi connectivity index (χ3n) is 5.89. The van der Waals surface area contributed by atoms with E-state index in [-0.39, 0.29) is 17.6 Å². The van der Waals surface area contributed by atoms with Gasteiger partial charge in [-0.1, -0.05) is 36.4 Å². The maximum Gasteiger partial charge on any atom is 0.422 e. The van der Waals surface area contributed by atoms with E-state index in [1.165, 1.54) is 0 Å². The number of halogens is 3. The molecule has 0 aliphatic heterocycles. The van der Waals surface area contributed by atoms with Crippen LogP contribution in [0, 0.1) is 0 Å². The number of nitrogens with zero attached hydrogens (tertiary/aromatic N) is 1. The fourth-order valence-electron chi connectivity index (χ4n) is 4.23. The number of H-pyrrole nitrogens is 1. The van der Waals surface area contributed by atoms with Gasteiger partial charge in [0.2, 0.25) is 10.0 Å². The van der Waals surface area contributed by atoms with Crippen molar-refractivity contribution in [1.82, 2.24) is 9.97 Å². The number of nitrogens with one attached hydrogen (secondary N) is 2. The first-order chi connectivity index (χ1) is 16.6. The van der Waals surface area contributed by atoms with Gasteiger partial charge in [-0.25, -0.2) is 13.4 Å². The lowest BCUT2D eigenvalue weighted by atomic mass is 10.0. The normalized spacial score (nSPS) is 17.9. The van der Waals surface area contributed by atoms with Crippen LogP contribution in [0.15, 0.2) is 66.7 Å². The number of hydrogen-bond donors (Lipinski definition) is 2. The third kappa shape index (κ3) is 5.43. The van der Waals surface area contributed by atoms with E-state index in [4.69, 9.17) is 9.72 Å². The molecule has 182 valence electrons. The fourth-order valence-corrected chi connectivity index (χ4v) is 4.81. The van der Waals surface area contributed by atoms with Crippen LogP contribution in [0.5, 0.6) is 5.75 Å². The van der Waals surface area contributed by atoms with Crippen LogP contribution in [0.4, 0.5) is 18.9 Å². The van der Waals surface area contributed by atoms with Gasteiger partial charge in [0.15, 0.2) is 6.61 Å². The summed E-state index contributed by atoms with van der Waals surface area (Å²) in [6, 6.07) is 19.6. The van der Waals surface area contributed by atoms with Gasteiger partial charge in [-0.05, 0) is 53.8 Å². The second-order valence-corrected chi connectivity index (χ2v) is 10.4. The van der Waals surface area contributed by atoms with Crippen molar-refractivity contribution in [2.45, 2.75) is 24.4 Å². The van der Waals surface area contributed by atoms with Crippen molar-refractivity contribution in [2.24, 2.45) is 0 Å². The molecule has 1 heterocycles. The Balaban J connectivity index is 1.33. The molecule has 0 bridgehead atoms. The van der Waals surface area contributed by atoms with E-state index in [9.17, 15) is 21.6 Å². The molecule has 1 aliphatic carbocycles. The van der Waals surface area contributed by atoms with E-state index in [0.29, 0.717) is 5.69 Å². The number of ether oxygens (including phenoxy) is 1. The molecule has 6 nitrogen and oxygen atoms in total. The number of aromatic amines is 1. The van der Waals surface area contributed by atoms with Crippen molar-refractivity contribution in [3.05, 3.63) is 78.1 Å². The number of alkyl halides is 3. The SMILES string of the molecule is CS(=O)(=O)Nc1ccccc1-c1ccc2[nH]c(C3CC3c3ccc(OCC(F)(F)F)cc3)nc2c1. The largest absolute Gasteiger partial charge is 0.484 e. The van der Waals surface area contributed by atoms with Crippen molar-refractivity contribution in [2.75, 3.05) is 17.6 Å². The van der Waals surface area contributed by atoms with Crippen LogP contribution < -0.4 is 9.46 Å². The highest BCUT2D eigenvalue weighted by atomic mass is 32.2. The van der Waals surface area contributed by atoms with Crippen molar-refractivity contribution in [3.8, 4) is 16.9 Å². The zero-order valence-corrected chi connectivity index (χ0v) is 19.5. The summed E-state index contributed by atoms with van der Waals surface area (Å²) >= 11 is 0. The number of para-hydroxylation sites is 1. The monoisotopic (exact) mass is 501 g/mol. The topological polar surface area (TPSA) is 84.1 Å². The molecule has 2 atom stereocenters. The standard InChI is InChI=1S/C25H22F3N3O3S/c1-35(32,33)31-21-5-3-2-4-18(21)16-8-11-22-23(12-16)30-24(29-22)20-13-19(20)15-6-9-17(10-7-15)34-14-25(26,27)28/h2-12,19-20,31H,13-14H2,1H3,(H,29,30). The summed E-state index contributed by atoms with van der Waals surface area (Å²) in [6.45, 7) is -1.31. The summed E-state index contributed by atoms with van der Waals surface area (Å²) in [7, 11) is -3.42. The smallest absolute Gasteiger partial charge is 0.422 e.